The molecule has 0 aliphatic carbocycles. The van der Waals surface area contributed by atoms with Crippen molar-refractivity contribution in [3.63, 3.8) is 0 Å². The van der Waals surface area contributed by atoms with Gasteiger partial charge < -0.3 is 19.9 Å². The van der Waals surface area contributed by atoms with E-state index in [1.165, 1.54) is 0 Å². The zero-order valence-corrected chi connectivity index (χ0v) is 18.2. The van der Waals surface area contributed by atoms with Crippen LogP contribution in [-0.4, -0.2) is 48.1 Å². The third-order valence-electron chi connectivity index (χ3n) is 5.50. The molecule has 7 heteroatoms. The molecule has 0 spiro atoms. The summed E-state index contributed by atoms with van der Waals surface area (Å²) in [6, 6.07) is 13.1. The summed E-state index contributed by atoms with van der Waals surface area (Å²) in [5.74, 6) is 0.747. The number of aromatic nitrogens is 1. The second kappa shape index (κ2) is 9.73. The van der Waals surface area contributed by atoms with Crippen molar-refractivity contribution in [3.05, 3.63) is 64.3 Å². The number of H-pyrrole nitrogens is 1. The monoisotopic (exact) mass is 445 g/mol. The Morgan fingerprint density at radius 3 is 2.77 bits per heavy atom. The molecular formula is C23H25Cl2N3O2. The lowest BCUT2D eigenvalue weighted by molar-refractivity contribution is 0.0936. The molecule has 2 N–H and O–H groups in total. The Morgan fingerprint density at radius 1 is 1.13 bits per heavy atom. The molecule has 0 unspecified atom stereocenters. The molecule has 0 bridgehead atoms. The van der Waals surface area contributed by atoms with Crippen LogP contribution in [0.3, 0.4) is 0 Å². The molecule has 2 heterocycles. The first-order valence-corrected chi connectivity index (χ1v) is 11.0. The van der Waals surface area contributed by atoms with Gasteiger partial charge in [-0.3, -0.25) is 4.79 Å². The number of fused-ring (bicyclic) bond motifs is 1. The third kappa shape index (κ3) is 5.09. The maximum atomic E-state index is 12.5. The van der Waals surface area contributed by atoms with Crippen molar-refractivity contribution in [3.8, 4) is 5.75 Å². The molecular weight excluding hydrogens is 421 g/mol. The van der Waals surface area contributed by atoms with Crippen molar-refractivity contribution in [1.82, 2.24) is 15.2 Å². The largest absolute Gasteiger partial charge is 0.490 e. The predicted octanol–water partition coefficient (Wildman–Crippen LogP) is 5.14. The molecule has 1 amide bonds. The predicted molar refractivity (Wildman–Crippen MR) is 122 cm³/mol. The van der Waals surface area contributed by atoms with E-state index >= 15 is 0 Å². The summed E-state index contributed by atoms with van der Waals surface area (Å²) in [5, 5.41) is 5.05. The molecule has 2 aromatic carbocycles. The Balaban J connectivity index is 1.17. The molecule has 0 radical (unpaired) electrons. The van der Waals surface area contributed by atoms with Gasteiger partial charge in [-0.25, -0.2) is 0 Å². The maximum Gasteiger partial charge on any atom is 0.251 e. The van der Waals surface area contributed by atoms with E-state index in [4.69, 9.17) is 27.9 Å². The number of hydrogen-bond acceptors (Lipinski definition) is 3. The number of nitrogens with one attached hydrogen (secondary N) is 2. The number of likely N-dealkylation sites (tertiary alicyclic amines) is 1. The average molecular weight is 446 g/mol. The minimum Gasteiger partial charge on any atom is -0.490 e. The molecule has 30 heavy (non-hydrogen) atoms. The van der Waals surface area contributed by atoms with Crippen LogP contribution in [0.2, 0.25) is 10.0 Å². The van der Waals surface area contributed by atoms with Gasteiger partial charge in [-0.15, -0.1) is 0 Å². The van der Waals surface area contributed by atoms with E-state index in [1.807, 2.05) is 36.5 Å². The van der Waals surface area contributed by atoms with Gasteiger partial charge in [0.2, 0.25) is 0 Å². The van der Waals surface area contributed by atoms with Gasteiger partial charge in [0, 0.05) is 48.4 Å². The number of ether oxygens (including phenoxy) is 1. The fourth-order valence-electron chi connectivity index (χ4n) is 3.88. The van der Waals surface area contributed by atoms with Crippen LogP contribution < -0.4 is 10.1 Å². The second-order valence-corrected chi connectivity index (χ2v) is 8.40. The average Bonchev–Trinajstić information content (AvgIpc) is 3.24. The zero-order chi connectivity index (χ0) is 20.9. The molecule has 0 saturated carbocycles. The second-order valence-electron chi connectivity index (χ2n) is 7.59. The Morgan fingerprint density at radius 2 is 1.97 bits per heavy atom. The van der Waals surface area contributed by atoms with Crippen molar-refractivity contribution >= 4 is 40.0 Å². The lowest BCUT2D eigenvalue weighted by Crippen LogP contribution is -2.39. The summed E-state index contributed by atoms with van der Waals surface area (Å²) < 4.78 is 6.04. The molecule has 4 rings (SSSR count). The highest BCUT2D eigenvalue weighted by atomic mass is 35.5. The van der Waals surface area contributed by atoms with Crippen LogP contribution in [-0.2, 0) is 0 Å². The molecule has 1 aliphatic heterocycles. The standard InChI is InChI=1S/C23H25Cl2N3O2/c24-20-6-5-17(15-21(20)25)30-16-8-13-28(14-9-16)12-2-10-27-23(29)19-3-1-4-22-18(19)7-11-26-22/h1,3-7,11,15-16,26H,2,8-10,12-14H2,(H,27,29). The SMILES string of the molecule is O=C(NCCCN1CCC(Oc2ccc(Cl)c(Cl)c2)CC1)c1cccc2[nH]ccc12. The van der Waals surface area contributed by atoms with Crippen molar-refractivity contribution in [1.29, 1.82) is 0 Å². The first-order chi connectivity index (χ1) is 14.6. The first-order valence-electron chi connectivity index (χ1n) is 10.3. The number of rotatable bonds is 7. The summed E-state index contributed by atoms with van der Waals surface area (Å²) in [6.07, 6.45) is 4.92. The van der Waals surface area contributed by atoms with Gasteiger partial charge in [-0.1, -0.05) is 29.3 Å². The topological polar surface area (TPSA) is 57.4 Å². The van der Waals surface area contributed by atoms with E-state index in [0.717, 1.165) is 55.5 Å². The number of benzene rings is 2. The fourth-order valence-corrected chi connectivity index (χ4v) is 4.16. The van der Waals surface area contributed by atoms with E-state index in [1.54, 1.807) is 12.1 Å². The van der Waals surface area contributed by atoms with Crippen LogP contribution in [0.4, 0.5) is 0 Å². The first kappa shape index (κ1) is 21.0. The smallest absolute Gasteiger partial charge is 0.251 e. The van der Waals surface area contributed by atoms with Crippen molar-refractivity contribution < 1.29 is 9.53 Å². The van der Waals surface area contributed by atoms with Gasteiger partial charge in [0.05, 0.1) is 10.0 Å². The summed E-state index contributed by atoms with van der Waals surface area (Å²) in [5.41, 5.74) is 1.70. The Labute approximate surface area is 186 Å². The lowest BCUT2D eigenvalue weighted by Gasteiger charge is -2.32. The van der Waals surface area contributed by atoms with Crippen LogP contribution in [0.1, 0.15) is 29.6 Å². The van der Waals surface area contributed by atoms with Gasteiger partial charge in [0.15, 0.2) is 0 Å². The van der Waals surface area contributed by atoms with Gasteiger partial charge in [0.25, 0.3) is 5.91 Å². The number of amides is 1. The molecule has 5 nitrogen and oxygen atoms in total. The Kier molecular flexibility index (Phi) is 6.82. The zero-order valence-electron chi connectivity index (χ0n) is 16.7. The van der Waals surface area contributed by atoms with Gasteiger partial charge >= 0.3 is 0 Å². The summed E-state index contributed by atoms with van der Waals surface area (Å²) in [4.78, 5) is 18.1. The Hall–Kier alpha value is -2.21. The van der Waals surface area contributed by atoms with E-state index in [0.29, 0.717) is 22.2 Å². The number of hydrogen-bond donors (Lipinski definition) is 2. The summed E-state index contributed by atoms with van der Waals surface area (Å²) in [7, 11) is 0. The number of halogens is 2. The van der Waals surface area contributed by atoms with Gasteiger partial charge in [-0.05, 0) is 56.1 Å². The van der Waals surface area contributed by atoms with Crippen LogP contribution >= 0.6 is 23.2 Å². The number of piperidine rings is 1. The van der Waals surface area contributed by atoms with E-state index in [2.05, 4.69) is 15.2 Å². The molecule has 1 saturated heterocycles. The molecule has 158 valence electrons. The quantitative estimate of drug-likeness (QED) is 0.495. The lowest BCUT2D eigenvalue weighted by atomic mass is 10.1. The summed E-state index contributed by atoms with van der Waals surface area (Å²) in [6.45, 7) is 3.61. The number of nitrogens with zero attached hydrogens (tertiary/aromatic N) is 1. The van der Waals surface area contributed by atoms with Crippen molar-refractivity contribution in [2.24, 2.45) is 0 Å². The Bertz CT molecular complexity index is 1010. The van der Waals surface area contributed by atoms with E-state index in [-0.39, 0.29) is 12.0 Å². The maximum absolute atomic E-state index is 12.5. The highest BCUT2D eigenvalue weighted by molar-refractivity contribution is 6.42. The third-order valence-corrected chi connectivity index (χ3v) is 6.24. The molecule has 1 aromatic heterocycles. The number of carbonyl (C=O) groups excluding carboxylic acids is 1. The van der Waals surface area contributed by atoms with Crippen LogP contribution in [0.15, 0.2) is 48.7 Å². The number of aromatic amines is 1. The molecule has 1 fully saturated rings. The van der Waals surface area contributed by atoms with Gasteiger partial charge in [-0.2, -0.15) is 0 Å². The minimum atomic E-state index is -0.0195. The van der Waals surface area contributed by atoms with Crippen LogP contribution in [0, 0.1) is 0 Å². The highest BCUT2D eigenvalue weighted by Gasteiger charge is 2.20. The normalized spacial score (nSPS) is 15.4. The van der Waals surface area contributed by atoms with Crippen molar-refractivity contribution in [2.45, 2.75) is 25.4 Å². The number of carbonyl (C=O) groups is 1. The highest BCUT2D eigenvalue weighted by Crippen LogP contribution is 2.28. The molecule has 3 aromatic rings. The molecule has 0 atom stereocenters. The minimum absolute atomic E-state index is 0.0195. The van der Waals surface area contributed by atoms with Crippen LogP contribution in [0.5, 0.6) is 5.75 Å². The van der Waals surface area contributed by atoms with Crippen molar-refractivity contribution in [2.75, 3.05) is 26.2 Å². The van der Waals surface area contributed by atoms with E-state index < -0.39 is 0 Å². The molecule has 1 aliphatic rings. The summed E-state index contributed by atoms with van der Waals surface area (Å²) >= 11 is 12.0. The van der Waals surface area contributed by atoms with Gasteiger partial charge in [0.1, 0.15) is 11.9 Å². The van der Waals surface area contributed by atoms with E-state index in [9.17, 15) is 4.79 Å². The fraction of sp³-hybridized carbons (Fsp3) is 0.348. The van der Waals surface area contributed by atoms with Crippen LogP contribution in [0.25, 0.3) is 10.9 Å².